The summed E-state index contributed by atoms with van der Waals surface area (Å²) < 4.78 is 0. The van der Waals surface area contributed by atoms with Crippen LogP contribution in [0.1, 0.15) is 64.9 Å². The highest BCUT2D eigenvalue weighted by Crippen LogP contribution is 2.44. The zero-order valence-corrected chi connectivity index (χ0v) is 14.4. The van der Waals surface area contributed by atoms with Crippen LogP contribution in [-0.2, 0) is 6.54 Å². The van der Waals surface area contributed by atoms with E-state index in [-0.39, 0.29) is 0 Å². The maximum atomic E-state index is 11.1. The van der Waals surface area contributed by atoms with Crippen molar-refractivity contribution >= 4 is 0 Å². The Kier molecular flexibility index (Phi) is 4.35. The van der Waals surface area contributed by atoms with Crippen molar-refractivity contribution in [1.82, 2.24) is 4.90 Å². The smallest absolute Gasteiger partial charge is 0.0677 e. The lowest BCUT2D eigenvalue weighted by Gasteiger charge is -2.44. The Bertz CT molecular complexity index is 476. The summed E-state index contributed by atoms with van der Waals surface area (Å²) in [6, 6.07) is 11.9. The lowest BCUT2D eigenvalue weighted by Crippen LogP contribution is -2.50. The fourth-order valence-corrected chi connectivity index (χ4v) is 4.28. The summed E-state index contributed by atoms with van der Waals surface area (Å²) in [6.07, 6.45) is 6.52. The predicted octanol–water partition coefficient (Wildman–Crippen LogP) is 4.37. The summed E-state index contributed by atoms with van der Waals surface area (Å²) in [4.78, 5) is 2.65. The Morgan fingerprint density at radius 1 is 1.09 bits per heavy atom. The van der Waals surface area contributed by atoms with Gasteiger partial charge in [-0.1, -0.05) is 51.1 Å². The fraction of sp³-hybridized carbons (Fsp3) is 0.700. The Balaban J connectivity index is 1.64. The zero-order valence-electron chi connectivity index (χ0n) is 14.4. The normalized spacial score (nSPS) is 32.4. The van der Waals surface area contributed by atoms with Crippen LogP contribution in [0.2, 0.25) is 0 Å². The molecule has 1 N–H and O–H groups in total. The first kappa shape index (κ1) is 16.0. The topological polar surface area (TPSA) is 23.5 Å². The first-order valence-electron chi connectivity index (χ1n) is 8.87. The van der Waals surface area contributed by atoms with Gasteiger partial charge in [0.2, 0.25) is 0 Å². The summed E-state index contributed by atoms with van der Waals surface area (Å²) in [6.45, 7) is 7.87. The molecule has 0 aliphatic carbocycles. The van der Waals surface area contributed by atoms with Crippen LogP contribution in [-0.4, -0.2) is 27.7 Å². The second-order valence-corrected chi connectivity index (χ2v) is 8.74. The Labute approximate surface area is 135 Å². The van der Waals surface area contributed by atoms with Gasteiger partial charge in [-0.3, -0.25) is 4.90 Å². The number of rotatable bonds is 4. The molecular weight excluding hydrogens is 270 g/mol. The van der Waals surface area contributed by atoms with Gasteiger partial charge in [0, 0.05) is 18.6 Å². The largest absolute Gasteiger partial charge is 0.390 e. The Morgan fingerprint density at radius 2 is 1.68 bits per heavy atom. The number of hydrogen-bond acceptors (Lipinski definition) is 2. The van der Waals surface area contributed by atoms with Gasteiger partial charge >= 0.3 is 0 Å². The van der Waals surface area contributed by atoms with Crippen molar-refractivity contribution in [2.45, 2.75) is 83.5 Å². The molecule has 0 saturated carbocycles. The van der Waals surface area contributed by atoms with E-state index >= 15 is 0 Å². The molecule has 2 saturated heterocycles. The van der Waals surface area contributed by atoms with Gasteiger partial charge < -0.3 is 5.11 Å². The highest BCUT2D eigenvalue weighted by Gasteiger charge is 2.47. The molecule has 0 radical (unpaired) electrons. The summed E-state index contributed by atoms with van der Waals surface area (Å²) in [7, 11) is 0. The van der Waals surface area contributed by atoms with Crippen LogP contribution in [0.4, 0.5) is 0 Å². The van der Waals surface area contributed by atoms with Gasteiger partial charge in [0.1, 0.15) is 0 Å². The van der Waals surface area contributed by atoms with E-state index in [0.29, 0.717) is 17.5 Å². The van der Waals surface area contributed by atoms with Crippen LogP contribution in [0.3, 0.4) is 0 Å². The quantitative estimate of drug-likeness (QED) is 0.892. The van der Waals surface area contributed by atoms with Crippen molar-refractivity contribution in [3.05, 3.63) is 35.9 Å². The molecule has 0 amide bonds. The molecule has 2 aliphatic rings. The molecule has 1 aromatic rings. The molecule has 1 aromatic carbocycles. The standard InChI is InChI=1S/C20H31NO/c1-19(2,3)11-12-20(22)13-17-9-10-18(14-20)21(17)15-16-7-5-4-6-8-16/h4-8,17-18,22H,9-15H2,1-3H3. The van der Waals surface area contributed by atoms with Gasteiger partial charge in [0.15, 0.2) is 0 Å². The van der Waals surface area contributed by atoms with Crippen molar-refractivity contribution in [2.75, 3.05) is 0 Å². The molecule has 2 atom stereocenters. The molecule has 2 bridgehead atoms. The van der Waals surface area contributed by atoms with E-state index in [1.165, 1.54) is 18.4 Å². The molecule has 2 aliphatic heterocycles. The molecule has 2 nitrogen and oxygen atoms in total. The Morgan fingerprint density at radius 3 is 2.23 bits per heavy atom. The van der Waals surface area contributed by atoms with Crippen LogP contribution in [0.15, 0.2) is 30.3 Å². The van der Waals surface area contributed by atoms with E-state index < -0.39 is 5.60 Å². The van der Waals surface area contributed by atoms with E-state index in [2.05, 4.69) is 56.0 Å². The highest BCUT2D eigenvalue weighted by atomic mass is 16.3. The van der Waals surface area contributed by atoms with Crippen LogP contribution >= 0.6 is 0 Å². The average Bonchev–Trinajstić information content (AvgIpc) is 2.70. The number of fused-ring (bicyclic) bond motifs is 2. The maximum Gasteiger partial charge on any atom is 0.0677 e. The van der Waals surface area contributed by atoms with Gasteiger partial charge in [0.05, 0.1) is 5.60 Å². The van der Waals surface area contributed by atoms with Crippen LogP contribution in [0.5, 0.6) is 0 Å². The maximum absolute atomic E-state index is 11.1. The first-order chi connectivity index (χ1) is 10.3. The molecule has 2 heteroatoms. The molecule has 2 heterocycles. The molecule has 0 aromatic heterocycles. The van der Waals surface area contributed by atoms with Crippen LogP contribution in [0, 0.1) is 5.41 Å². The van der Waals surface area contributed by atoms with E-state index in [1.54, 1.807) is 0 Å². The molecule has 0 spiro atoms. The predicted molar refractivity (Wildman–Crippen MR) is 91.7 cm³/mol. The lowest BCUT2D eigenvalue weighted by molar-refractivity contribution is -0.0649. The van der Waals surface area contributed by atoms with Gasteiger partial charge in [-0.2, -0.15) is 0 Å². The van der Waals surface area contributed by atoms with Crippen LogP contribution < -0.4 is 0 Å². The molecular formula is C20H31NO. The number of hydrogen-bond donors (Lipinski definition) is 1. The number of piperidine rings is 1. The van der Waals surface area contributed by atoms with E-state index in [1.807, 2.05) is 0 Å². The summed E-state index contributed by atoms with van der Waals surface area (Å²) in [5.74, 6) is 0. The molecule has 2 unspecified atom stereocenters. The average molecular weight is 301 g/mol. The number of benzene rings is 1. The minimum atomic E-state index is -0.424. The molecule has 2 fully saturated rings. The Hall–Kier alpha value is -0.860. The monoisotopic (exact) mass is 301 g/mol. The molecule has 22 heavy (non-hydrogen) atoms. The van der Waals surface area contributed by atoms with Gasteiger partial charge in [0.25, 0.3) is 0 Å². The summed E-state index contributed by atoms with van der Waals surface area (Å²) >= 11 is 0. The second-order valence-electron chi connectivity index (χ2n) is 8.74. The number of nitrogens with zero attached hydrogens (tertiary/aromatic N) is 1. The van der Waals surface area contributed by atoms with Crippen molar-refractivity contribution < 1.29 is 5.11 Å². The van der Waals surface area contributed by atoms with Crippen molar-refractivity contribution in [3.8, 4) is 0 Å². The van der Waals surface area contributed by atoms with E-state index in [4.69, 9.17) is 0 Å². The van der Waals surface area contributed by atoms with Gasteiger partial charge in [-0.15, -0.1) is 0 Å². The van der Waals surface area contributed by atoms with E-state index in [9.17, 15) is 5.11 Å². The first-order valence-corrected chi connectivity index (χ1v) is 8.87. The van der Waals surface area contributed by atoms with Crippen LogP contribution in [0.25, 0.3) is 0 Å². The minimum Gasteiger partial charge on any atom is -0.390 e. The van der Waals surface area contributed by atoms with Crippen molar-refractivity contribution in [1.29, 1.82) is 0 Å². The fourth-order valence-electron chi connectivity index (χ4n) is 4.28. The third-order valence-corrected chi connectivity index (χ3v) is 5.55. The van der Waals surface area contributed by atoms with Gasteiger partial charge in [-0.25, -0.2) is 0 Å². The third kappa shape index (κ3) is 3.72. The SMILES string of the molecule is CC(C)(C)CCC1(O)CC2CCC(C1)N2Cc1ccccc1. The minimum absolute atomic E-state index is 0.315. The lowest BCUT2D eigenvalue weighted by atomic mass is 9.78. The number of aliphatic hydroxyl groups is 1. The van der Waals surface area contributed by atoms with E-state index in [0.717, 1.165) is 32.2 Å². The van der Waals surface area contributed by atoms with Crippen molar-refractivity contribution in [3.63, 3.8) is 0 Å². The van der Waals surface area contributed by atoms with Crippen molar-refractivity contribution in [2.24, 2.45) is 5.41 Å². The highest BCUT2D eigenvalue weighted by molar-refractivity contribution is 5.16. The molecule has 3 rings (SSSR count). The zero-order chi connectivity index (χ0) is 15.8. The summed E-state index contributed by atoms with van der Waals surface area (Å²) in [5.41, 5.74) is 1.29. The van der Waals surface area contributed by atoms with Gasteiger partial charge in [-0.05, 0) is 49.5 Å². The molecule has 122 valence electrons. The third-order valence-electron chi connectivity index (χ3n) is 5.55. The second kappa shape index (κ2) is 5.98. The summed E-state index contributed by atoms with van der Waals surface area (Å²) in [5, 5.41) is 11.1.